The Balaban J connectivity index is 2.19. The summed E-state index contributed by atoms with van der Waals surface area (Å²) in [7, 11) is 0. The fraction of sp³-hybridized carbons (Fsp3) is 0.467. The zero-order chi connectivity index (χ0) is 14.0. The first-order valence-corrected chi connectivity index (χ1v) is 6.55. The number of nitrogens with zero attached hydrogens (tertiary/aromatic N) is 2. The normalized spacial score (nSPS) is 13.5. The predicted octanol–water partition coefficient (Wildman–Crippen LogP) is 3.54. The number of benzene rings is 1. The van der Waals surface area contributed by atoms with E-state index in [9.17, 15) is 0 Å². The Morgan fingerprint density at radius 2 is 1.95 bits per heavy atom. The van der Waals surface area contributed by atoms with Gasteiger partial charge in [-0.3, -0.25) is 0 Å². The summed E-state index contributed by atoms with van der Waals surface area (Å²) in [5.41, 5.74) is 7.62. The fourth-order valence-electron chi connectivity index (χ4n) is 1.72. The second-order valence-corrected chi connectivity index (χ2v) is 6.07. The lowest BCUT2D eigenvalue weighted by atomic mass is 9.80. The highest BCUT2D eigenvalue weighted by Crippen LogP contribution is 2.29. The monoisotopic (exact) mass is 259 g/mol. The second kappa shape index (κ2) is 5.03. The van der Waals surface area contributed by atoms with E-state index >= 15 is 0 Å². The standard InChI is InChI=1S/C15H21N3O/c1-10(15(2,3)4)9-13-17-14(18-19-13)11-7-5-6-8-12(11)16/h5-8,10H,9,16H2,1-4H3. The quantitative estimate of drug-likeness (QED) is 0.856. The zero-order valence-electron chi connectivity index (χ0n) is 12.0. The van der Waals surface area contributed by atoms with Crippen LogP contribution >= 0.6 is 0 Å². The third-order valence-electron chi connectivity index (χ3n) is 3.63. The lowest BCUT2D eigenvalue weighted by Gasteiger charge is -2.25. The fourth-order valence-corrected chi connectivity index (χ4v) is 1.72. The van der Waals surface area contributed by atoms with Crippen molar-refractivity contribution in [2.45, 2.75) is 34.1 Å². The van der Waals surface area contributed by atoms with Gasteiger partial charge in [-0.05, 0) is 23.5 Å². The highest BCUT2D eigenvalue weighted by Gasteiger charge is 2.23. The minimum absolute atomic E-state index is 0.223. The van der Waals surface area contributed by atoms with Crippen molar-refractivity contribution in [1.29, 1.82) is 0 Å². The van der Waals surface area contributed by atoms with Crippen molar-refractivity contribution in [2.24, 2.45) is 11.3 Å². The molecule has 1 heterocycles. The van der Waals surface area contributed by atoms with Gasteiger partial charge in [-0.2, -0.15) is 4.98 Å². The van der Waals surface area contributed by atoms with Crippen LogP contribution in [0.15, 0.2) is 28.8 Å². The van der Waals surface area contributed by atoms with Gasteiger partial charge in [-0.15, -0.1) is 0 Å². The number of nitrogen functional groups attached to an aromatic ring is 1. The molecule has 2 rings (SSSR count). The summed E-state index contributed by atoms with van der Waals surface area (Å²) in [4.78, 5) is 4.44. The van der Waals surface area contributed by atoms with Crippen LogP contribution in [0.4, 0.5) is 5.69 Å². The van der Waals surface area contributed by atoms with E-state index in [1.807, 2.05) is 24.3 Å². The lowest BCUT2D eigenvalue weighted by molar-refractivity contribution is 0.236. The van der Waals surface area contributed by atoms with Crippen LogP contribution in [0.2, 0.25) is 0 Å². The van der Waals surface area contributed by atoms with Gasteiger partial charge in [0.15, 0.2) is 0 Å². The first-order valence-electron chi connectivity index (χ1n) is 6.55. The molecular formula is C15H21N3O. The zero-order valence-corrected chi connectivity index (χ0v) is 12.0. The number of hydrogen-bond acceptors (Lipinski definition) is 4. The number of para-hydroxylation sites is 1. The maximum absolute atomic E-state index is 5.91. The molecule has 19 heavy (non-hydrogen) atoms. The molecule has 4 nitrogen and oxygen atoms in total. The Hall–Kier alpha value is -1.84. The van der Waals surface area contributed by atoms with Crippen LogP contribution in [0.5, 0.6) is 0 Å². The summed E-state index contributed by atoms with van der Waals surface area (Å²) >= 11 is 0. The van der Waals surface area contributed by atoms with Crippen LogP contribution in [0.3, 0.4) is 0 Å². The van der Waals surface area contributed by atoms with Crippen molar-refractivity contribution in [1.82, 2.24) is 10.1 Å². The molecule has 1 atom stereocenters. The average molecular weight is 259 g/mol. The van der Waals surface area contributed by atoms with Crippen LogP contribution in [-0.4, -0.2) is 10.1 Å². The summed E-state index contributed by atoms with van der Waals surface area (Å²) in [5.74, 6) is 1.70. The highest BCUT2D eigenvalue weighted by molar-refractivity contribution is 5.70. The lowest BCUT2D eigenvalue weighted by Crippen LogP contribution is -2.19. The first kappa shape index (κ1) is 13.6. The van der Waals surface area contributed by atoms with Crippen molar-refractivity contribution >= 4 is 5.69 Å². The van der Waals surface area contributed by atoms with Gasteiger partial charge in [0, 0.05) is 17.7 Å². The Labute approximate surface area is 114 Å². The number of rotatable bonds is 3. The van der Waals surface area contributed by atoms with E-state index in [-0.39, 0.29) is 5.41 Å². The Kier molecular flexibility index (Phi) is 3.60. The van der Waals surface area contributed by atoms with Crippen LogP contribution in [0, 0.1) is 11.3 Å². The third-order valence-corrected chi connectivity index (χ3v) is 3.63. The van der Waals surface area contributed by atoms with Crippen molar-refractivity contribution in [3.63, 3.8) is 0 Å². The molecule has 2 N–H and O–H groups in total. The van der Waals surface area contributed by atoms with E-state index in [4.69, 9.17) is 10.3 Å². The molecule has 0 bridgehead atoms. The van der Waals surface area contributed by atoms with E-state index in [0.29, 0.717) is 23.3 Å². The molecule has 1 aromatic carbocycles. The molecule has 0 aliphatic heterocycles. The molecule has 1 aromatic heterocycles. The van der Waals surface area contributed by atoms with Crippen molar-refractivity contribution in [2.75, 3.05) is 5.73 Å². The highest BCUT2D eigenvalue weighted by atomic mass is 16.5. The van der Waals surface area contributed by atoms with Crippen molar-refractivity contribution in [3.05, 3.63) is 30.2 Å². The van der Waals surface area contributed by atoms with E-state index in [2.05, 4.69) is 37.8 Å². The molecule has 0 saturated heterocycles. The SMILES string of the molecule is CC(Cc1nc(-c2ccccc2N)no1)C(C)(C)C. The molecule has 2 aromatic rings. The summed E-state index contributed by atoms with van der Waals surface area (Å²) in [5, 5.41) is 4.02. The van der Waals surface area contributed by atoms with Gasteiger partial charge in [0.2, 0.25) is 11.7 Å². The molecule has 0 aliphatic rings. The first-order chi connectivity index (χ1) is 8.88. The molecular weight excluding hydrogens is 238 g/mol. The van der Waals surface area contributed by atoms with Gasteiger partial charge in [0.25, 0.3) is 0 Å². The van der Waals surface area contributed by atoms with E-state index in [1.165, 1.54) is 0 Å². The largest absolute Gasteiger partial charge is 0.398 e. The Morgan fingerprint density at radius 1 is 1.26 bits per heavy atom. The van der Waals surface area contributed by atoms with Crippen LogP contribution < -0.4 is 5.73 Å². The van der Waals surface area contributed by atoms with Crippen molar-refractivity contribution in [3.8, 4) is 11.4 Å². The third kappa shape index (κ3) is 3.13. The van der Waals surface area contributed by atoms with Crippen LogP contribution in [0.25, 0.3) is 11.4 Å². The number of anilines is 1. The molecule has 4 heteroatoms. The number of nitrogens with two attached hydrogens (primary N) is 1. The van der Waals surface area contributed by atoms with E-state index in [1.54, 1.807) is 0 Å². The van der Waals surface area contributed by atoms with Crippen LogP contribution in [-0.2, 0) is 6.42 Å². The smallest absolute Gasteiger partial charge is 0.227 e. The maximum atomic E-state index is 5.91. The van der Waals surface area contributed by atoms with Gasteiger partial charge in [-0.25, -0.2) is 0 Å². The van der Waals surface area contributed by atoms with Gasteiger partial charge in [0.05, 0.1) is 0 Å². The predicted molar refractivity (Wildman–Crippen MR) is 76.5 cm³/mol. The Bertz CT molecular complexity index is 555. The second-order valence-electron chi connectivity index (χ2n) is 6.07. The average Bonchev–Trinajstić information content (AvgIpc) is 2.76. The van der Waals surface area contributed by atoms with E-state index < -0.39 is 0 Å². The molecule has 0 radical (unpaired) electrons. The minimum Gasteiger partial charge on any atom is -0.398 e. The topological polar surface area (TPSA) is 64.9 Å². The molecule has 0 spiro atoms. The van der Waals surface area contributed by atoms with Crippen LogP contribution in [0.1, 0.15) is 33.6 Å². The number of hydrogen-bond donors (Lipinski definition) is 1. The molecule has 0 amide bonds. The Morgan fingerprint density at radius 3 is 2.58 bits per heavy atom. The summed E-state index contributed by atoms with van der Waals surface area (Å²) in [6.45, 7) is 8.83. The minimum atomic E-state index is 0.223. The molecule has 102 valence electrons. The maximum Gasteiger partial charge on any atom is 0.227 e. The molecule has 0 fully saturated rings. The molecule has 0 saturated carbocycles. The summed E-state index contributed by atoms with van der Waals surface area (Å²) in [6, 6.07) is 7.54. The van der Waals surface area contributed by atoms with Crippen molar-refractivity contribution < 1.29 is 4.52 Å². The summed E-state index contributed by atoms with van der Waals surface area (Å²) < 4.78 is 5.32. The molecule has 0 aliphatic carbocycles. The van der Waals surface area contributed by atoms with Gasteiger partial charge in [-0.1, -0.05) is 45.0 Å². The summed E-state index contributed by atoms with van der Waals surface area (Å²) in [6.07, 6.45) is 0.781. The van der Waals surface area contributed by atoms with E-state index in [0.717, 1.165) is 12.0 Å². The molecule has 1 unspecified atom stereocenters. The number of aromatic nitrogens is 2. The van der Waals surface area contributed by atoms with Gasteiger partial charge < -0.3 is 10.3 Å². The van der Waals surface area contributed by atoms with Gasteiger partial charge >= 0.3 is 0 Å². The van der Waals surface area contributed by atoms with Gasteiger partial charge in [0.1, 0.15) is 0 Å².